The van der Waals surface area contributed by atoms with Crippen LogP contribution in [0.4, 0.5) is 0 Å². The van der Waals surface area contributed by atoms with Crippen LogP contribution < -0.4 is 5.32 Å². The van der Waals surface area contributed by atoms with E-state index in [2.05, 4.69) is 5.32 Å². The van der Waals surface area contributed by atoms with E-state index in [1.165, 1.54) is 0 Å². The Hall–Kier alpha value is 0.496. The molecule has 0 bridgehead atoms. The van der Waals surface area contributed by atoms with Gasteiger partial charge in [0.25, 0.3) is 0 Å². The van der Waals surface area contributed by atoms with Crippen molar-refractivity contribution in [2.45, 2.75) is 6.42 Å². The summed E-state index contributed by atoms with van der Waals surface area (Å²) in [6.45, 7) is 3.83. The van der Waals surface area contributed by atoms with Crippen LogP contribution >= 0.6 is 0 Å². The number of morpholine rings is 1. The van der Waals surface area contributed by atoms with Crippen LogP contribution in [0.3, 0.4) is 0 Å². The van der Waals surface area contributed by atoms with Crippen molar-refractivity contribution in [1.82, 2.24) is 5.32 Å². The van der Waals surface area contributed by atoms with E-state index in [-0.39, 0.29) is 51.4 Å². The van der Waals surface area contributed by atoms with Crippen molar-refractivity contribution in [3.8, 4) is 0 Å². The van der Waals surface area contributed by atoms with E-state index in [1.54, 1.807) is 0 Å². The summed E-state index contributed by atoms with van der Waals surface area (Å²) in [5.41, 5.74) is 0. The van der Waals surface area contributed by atoms with Gasteiger partial charge in [0.2, 0.25) is 0 Å². The molecular weight excluding hydrogens is 217 g/mol. The summed E-state index contributed by atoms with van der Waals surface area (Å²) < 4.78 is 5.01. The summed E-state index contributed by atoms with van der Waals surface area (Å²) in [4.78, 5) is 18.9. The Bertz CT molecular complexity index is 148. The number of aliphatic carboxylic acids is 2. The minimum absolute atomic E-state index is 0. The predicted molar refractivity (Wildman–Crippen MR) is 50.7 cm³/mol. The van der Waals surface area contributed by atoms with Gasteiger partial charge in [0.1, 0.15) is 6.42 Å². The van der Waals surface area contributed by atoms with Crippen molar-refractivity contribution in [2.75, 3.05) is 26.3 Å². The first kappa shape index (κ1) is 16.9. The van der Waals surface area contributed by atoms with E-state index in [0.29, 0.717) is 0 Å². The van der Waals surface area contributed by atoms with Crippen molar-refractivity contribution in [3.05, 3.63) is 0 Å². The summed E-state index contributed by atoms with van der Waals surface area (Å²) in [5.74, 6) is -2.62. The number of nitrogens with one attached hydrogen (secondary N) is 1. The minimum atomic E-state index is -1.31. The van der Waals surface area contributed by atoms with Crippen LogP contribution in [0.15, 0.2) is 0 Å². The van der Waals surface area contributed by atoms with Crippen LogP contribution in [0, 0.1) is 0 Å². The summed E-state index contributed by atoms with van der Waals surface area (Å²) in [6, 6.07) is 0. The number of carboxylic acids is 2. The molecule has 78 valence electrons. The molecule has 0 aromatic carbocycles. The number of hydrogen-bond donors (Lipinski definition) is 3. The average molecular weight is 231 g/mol. The average Bonchev–Trinajstić information content (AvgIpc) is 2.06. The molecule has 1 aliphatic heterocycles. The Morgan fingerprint density at radius 2 is 1.57 bits per heavy atom. The molecule has 7 heteroatoms. The van der Waals surface area contributed by atoms with Gasteiger partial charge in [0, 0.05) is 13.1 Å². The molecule has 1 fully saturated rings. The number of ether oxygens (including phenoxy) is 1. The van der Waals surface area contributed by atoms with Gasteiger partial charge in [-0.2, -0.15) is 0 Å². The molecule has 1 saturated heterocycles. The fourth-order valence-electron chi connectivity index (χ4n) is 0.645. The normalized spacial score (nSPS) is 14.3. The molecule has 0 spiro atoms. The molecule has 0 atom stereocenters. The quantitative estimate of drug-likeness (QED) is 0.395. The third-order valence-electron chi connectivity index (χ3n) is 1.15. The predicted octanol–water partition coefficient (Wildman–Crippen LogP) is -1.50. The second kappa shape index (κ2) is 11.6. The SMILES string of the molecule is C1COCCN1.O=C(O)CC(=O)O.[KH]. The molecule has 0 amide bonds. The first-order chi connectivity index (χ1) is 6.13. The Labute approximate surface area is 124 Å². The van der Waals surface area contributed by atoms with Gasteiger partial charge >= 0.3 is 63.3 Å². The Kier molecular flexibility index (Phi) is 14.0. The topological polar surface area (TPSA) is 95.9 Å². The second-order valence-corrected chi connectivity index (χ2v) is 2.33. The molecule has 1 aliphatic rings. The fraction of sp³-hybridized carbons (Fsp3) is 0.714. The number of hydrogen-bond acceptors (Lipinski definition) is 4. The maximum atomic E-state index is 9.43. The van der Waals surface area contributed by atoms with Crippen LogP contribution in [-0.2, 0) is 14.3 Å². The fourth-order valence-corrected chi connectivity index (χ4v) is 0.645. The van der Waals surface area contributed by atoms with Gasteiger partial charge in [-0.05, 0) is 0 Å². The van der Waals surface area contributed by atoms with E-state index in [1.807, 2.05) is 0 Å². The van der Waals surface area contributed by atoms with Crippen molar-refractivity contribution in [2.24, 2.45) is 0 Å². The standard InChI is InChI=1S/C4H9NO.C3H4O4.K.H/c1-3-6-4-2-5-1;4-2(5)1-3(6)7;;/h5H,1-4H2;1H2,(H,4,5)(H,6,7);;. The second-order valence-electron chi connectivity index (χ2n) is 2.33. The number of carboxylic acid groups (broad SMARTS) is 2. The Balaban J connectivity index is 0. The number of carbonyl (C=O) groups is 2. The molecule has 0 saturated carbocycles. The molecule has 0 aromatic rings. The molecule has 1 rings (SSSR count). The van der Waals surface area contributed by atoms with Gasteiger partial charge in [0.15, 0.2) is 0 Å². The third kappa shape index (κ3) is 15.0. The van der Waals surface area contributed by atoms with Gasteiger partial charge in [-0.15, -0.1) is 0 Å². The van der Waals surface area contributed by atoms with E-state index in [0.717, 1.165) is 26.3 Å². The molecule has 3 N–H and O–H groups in total. The molecule has 0 aliphatic carbocycles. The van der Waals surface area contributed by atoms with Gasteiger partial charge in [-0.1, -0.05) is 0 Å². The van der Waals surface area contributed by atoms with Gasteiger partial charge < -0.3 is 20.3 Å². The van der Waals surface area contributed by atoms with Crippen LogP contribution in [0.1, 0.15) is 6.42 Å². The van der Waals surface area contributed by atoms with Crippen LogP contribution in [0.2, 0.25) is 0 Å². The van der Waals surface area contributed by atoms with E-state index >= 15 is 0 Å². The zero-order valence-electron chi connectivity index (χ0n) is 7.15. The molecular formula is C7H14KNO5. The summed E-state index contributed by atoms with van der Waals surface area (Å²) in [6.07, 6.45) is -0.806. The van der Waals surface area contributed by atoms with E-state index in [4.69, 9.17) is 14.9 Å². The first-order valence-corrected chi connectivity index (χ1v) is 3.85. The molecule has 6 nitrogen and oxygen atoms in total. The van der Waals surface area contributed by atoms with Gasteiger partial charge in [0.05, 0.1) is 13.2 Å². The zero-order chi connectivity index (χ0) is 10.1. The van der Waals surface area contributed by atoms with Crippen LogP contribution in [0.25, 0.3) is 0 Å². The summed E-state index contributed by atoms with van der Waals surface area (Å²) >= 11 is 0. The maximum absolute atomic E-state index is 9.43. The molecule has 0 aromatic heterocycles. The third-order valence-corrected chi connectivity index (χ3v) is 1.15. The van der Waals surface area contributed by atoms with Gasteiger partial charge in [-0.3, -0.25) is 9.59 Å². The first-order valence-electron chi connectivity index (χ1n) is 3.85. The summed E-state index contributed by atoms with van der Waals surface area (Å²) in [5, 5.41) is 18.6. The van der Waals surface area contributed by atoms with Crippen LogP contribution in [-0.4, -0.2) is 99.8 Å². The van der Waals surface area contributed by atoms with E-state index < -0.39 is 18.4 Å². The van der Waals surface area contributed by atoms with Crippen LogP contribution in [0.5, 0.6) is 0 Å². The molecule has 0 unspecified atom stereocenters. The van der Waals surface area contributed by atoms with Crippen molar-refractivity contribution in [1.29, 1.82) is 0 Å². The van der Waals surface area contributed by atoms with Crippen molar-refractivity contribution < 1.29 is 24.5 Å². The molecule has 0 radical (unpaired) electrons. The zero-order valence-corrected chi connectivity index (χ0v) is 7.15. The van der Waals surface area contributed by atoms with Gasteiger partial charge in [-0.25, -0.2) is 0 Å². The van der Waals surface area contributed by atoms with Crippen molar-refractivity contribution in [3.63, 3.8) is 0 Å². The Morgan fingerprint density at radius 3 is 1.64 bits per heavy atom. The van der Waals surface area contributed by atoms with E-state index in [9.17, 15) is 9.59 Å². The van der Waals surface area contributed by atoms with Crippen molar-refractivity contribution >= 4 is 63.3 Å². The molecule has 14 heavy (non-hydrogen) atoms. The monoisotopic (exact) mass is 231 g/mol. The number of rotatable bonds is 2. The molecule has 1 heterocycles. The Morgan fingerprint density at radius 1 is 1.14 bits per heavy atom. The summed E-state index contributed by atoms with van der Waals surface area (Å²) in [7, 11) is 0.